The van der Waals surface area contributed by atoms with E-state index >= 15 is 0 Å². The average Bonchev–Trinajstić information content (AvgIpc) is 3.08. The molecule has 4 rings (SSSR count). The Bertz CT molecular complexity index is 866. The van der Waals surface area contributed by atoms with Crippen LogP contribution in [-0.4, -0.2) is 27.7 Å². The van der Waals surface area contributed by atoms with E-state index in [1.807, 2.05) is 32.0 Å². The van der Waals surface area contributed by atoms with Gasteiger partial charge in [-0.15, -0.1) is 11.3 Å². The highest BCUT2D eigenvalue weighted by atomic mass is 32.1. The van der Waals surface area contributed by atoms with Gasteiger partial charge in [0.05, 0.1) is 5.69 Å². The number of hydrogen-bond donors (Lipinski definition) is 1. The van der Waals surface area contributed by atoms with E-state index in [0.717, 1.165) is 29.7 Å². The van der Waals surface area contributed by atoms with Crippen LogP contribution in [0.3, 0.4) is 0 Å². The van der Waals surface area contributed by atoms with Crippen LogP contribution in [0.1, 0.15) is 54.8 Å². The molecule has 0 radical (unpaired) electrons. The van der Waals surface area contributed by atoms with Gasteiger partial charge in [-0.25, -0.2) is 4.98 Å². The Hall–Kier alpha value is -2.21. The molecule has 1 aliphatic heterocycles. The molecule has 1 atom stereocenters. The Balaban J connectivity index is 1.56. The fraction of sp³-hybridized carbons (Fsp3) is 0.500. The number of fused-ring (bicyclic) bond motifs is 2. The van der Waals surface area contributed by atoms with Crippen molar-refractivity contribution in [1.29, 1.82) is 0 Å². The molecule has 0 fully saturated rings. The molecule has 1 aromatic carbocycles. The van der Waals surface area contributed by atoms with Crippen LogP contribution < -0.4 is 5.32 Å². The fourth-order valence-corrected chi connectivity index (χ4v) is 5.13. The molecule has 148 valence electrons. The number of benzene rings is 1. The summed E-state index contributed by atoms with van der Waals surface area (Å²) in [6.45, 7) is 4.56. The zero-order valence-electron chi connectivity index (χ0n) is 16.5. The highest BCUT2D eigenvalue weighted by Gasteiger charge is 2.35. The summed E-state index contributed by atoms with van der Waals surface area (Å²) in [5.41, 5.74) is 3.41. The average molecular weight is 398 g/mol. The fourth-order valence-electron chi connectivity index (χ4n) is 4.08. The molecule has 2 aliphatic rings. The van der Waals surface area contributed by atoms with Crippen LogP contribution >= 0.6 is 11.3 Å². The molecule has 6 heteroatoms. The topological polar surface area (TPSA) is 62.3 Å². The van der Waals surface area contributed by atoms with E-state index < -0.39 is 6.04 Å². The normalized spacial score (nSPS) is 18.5. The Kier molecular flexibility index (Phi) is 5.49. The minimum atomic E-state index is -0.484. The summed E-state index contributed by atoms with van der Waals surface area (Å²) in [6.07, 6.45) is 5.42. The van der Waals surface area contributed by atoms with Crippen LogP contribution in [0.15, 0.2) is 24.3 Å². The third-order valence-corrected chi connectivity index (χ3v) is 6.60. The van der Waals surface area contributed by atoms with Crippen molar-refractivity contribution in [2.24, 2.45) is 5.92 Å². The molecule has 5 nitrogen and oxygen atoms in total. The van der Waals surface area contributed by atoms with Crippen molar-refractivity contribution >= 4 is 28.3 Å². The summed E-state index contributed by atoms with van der Waals surface area (Å²) < 4.78 is 0. The van der Waals surface area contributed by atoms with Gasteiger partial charge in [-0.3, -0.25) is 9.59 Å². The van der Waals surface area contributed by atoms with Gasteiger partial charge in [-0.1, -0.05) is 38.1 Å². The number of carbonyl (C=O) groups is 2. The lowest BCUT2D eigenvalue weighted by Gasteiger charge is -2.36. The van der Waals surface area contributed by atoms with Gasteiger partial charge in [0.25, 0.3) is 0 Å². The van der Waals surface area contributed by atoms with Crippen LogP contribution in [0.2, 0.25) is 0 Å². The monoisotopic (exact) mass is 397 g/mol. The van der Waals surface area contributed by atoms with Gasteiger partial charge in [-0.2, -0.15) is 0 Å². The van der Waals surface area contributed by atoms with Gasteiger partial charge in [0.1, 0.15) is 6.04 Å². The van der Waals surface area contributed by atoms with E-state index in [2.05, 4.69) is 16.4 Å². The first-order chi connectivity index (χ1) is 13.5. The molecule has 1 aliphatic carbocycles. The first kappa shape index (κ1) is 19.1. The summed E-state index contributed by atoms with van der Waals surface area (Å²) in [5.74, 6) is 0.180. The molecule has 1 unspecified atom stereocenters. The van der Waals surface area contributed by atoms with Crippen molar-refractivity contribution in [1.82, 2.24) is 9.88 Å². The van der Waals surface area contributed by atoms with E-state index in [9.17, 15) is 9.59 Å². The Morgan fingerprint density at radius 1 is 1.21 bits per heavy atom. The van der Waals surface area contributed by atoms with E-state index in [4.69, 9.17) is 0 Å². The van der Waals surface area contributed by atoms with Crippen molar-refractivity contribution in [3.63, 3.8) is 0 Å². The zero-order chi connectivity index (χ0) is 19.7. The summed E-state index contributed by atoms with van der Waals surface area (Å²) in [6, 6.07) is 7.61. The van der Waals surface area contributed by atoms with Crippen molar-refractivity contribution in [2.45, 2.75) is 65.0 Å². The Labute approximate surface area is 170 Å². The van der Waals surface area contributed by atoms with E-state index in [1.165, 1.54) is 17.7 Å². The first-order valence-electron chi connectivity index (χ1n) is 10.2. The number of carbonyl (C=O) groups excluding carboxylic acids is 2. The molecule has 0 saturated carbocycles. The first-order valence-corrected chi connectivity index (χ1v) is 11.0. The maximum Gasteiger partial charge on any atom is 0.249 e. The lowest BCUT2D eigenvalue weighted by atomic mass is 9.92. The van der Waals surface area contributed by atoms with Crippen molar-refractivity contribution in [2.75, 3.05) is 5.32 Å². The maximum atomic E-state index is 13.2. The number of anilines is 1. The van der Waals surface area contributed by atoms with E-state index in [-0.39, 0.29) is 17.7 Å². The van der Waals surface area contributed by atoms with Gasteiger partial charge >= 0.3 is 0 Å². The molecule has 0 saturated heterocycles. The summed E-state index contributed by atoms with van der Waals surface area (Å²) in [5, 5.41) is 3.69. The number of nitrogens with zero attached hydrogens (tertiary/aromatic N) is 2. The number of aromatic nitrogens is 1. The number of hydrogen-bond acceptors (Lipinski definition) is 4. The molecule has 0 spiro atoms. The lowest BCUT2D eigenvalue weighted by molar-refractivity contribution is -0.140. The molecule has 1 N–H and O–H groups in total. The second-order valence-corrected chi connectivity index (χ2v) is 9.28. The molecule has 1 aromatic heterocycles. The highest BCUT2D eigenvalue weighted by molar-refractivity contribution is 7.15. The molecule has 0 bridgehead atoms. The predicted molar refractivity (Wildman–Crippen MR) is 111 cm³/mol. The van der Waals surface area contributed by atoms with Crippen LogP contribution in [0, 0.1) is 5.92 Å². The van der Waals surface area contributed by atoms with Crippen molar-refractivity contribution < 1.29 is 9.59 Å². The van der Waals surface area contributed by atoms with Crippen molar-refractivity contribution in [3.8, 4) is 0 Å². The van der Waals surface area contributed by atoms with Gasteiger partial charge in [-0.05, 0) is 42.7 Å². The highest BCUT2D eigenvalue weighted by Crippen LogP contribution is 2.31. The third kappa shape index (κ3) is 3.97. The zero-order valence-corrected chi connectivity index (χ0v) is 17.3. The predicted octanol–water partition coefficient (Wildman–Crippen LogP) is 3.96. The number of thiazole rings is 1. The van der Waals surface area contributed by atoms with Crippen molar-refractivity contribution in [3.05, 3.63) is 46.0 Å². The van der Waals surface area contributed by atoms with Crippen LogP contribution in [0.25, 0.3) is 0 Å². The summed E-state index contributed by atoms with van der Waals surface area (Å²) >= 11 is 1.59. The second-order valence-electron chi connectivity index (χ2n) is 8.19. The Morgan fingerprint density at radius 2 is 1.96 bits per heavy atom. The lowest BCUT2D eigenvalue weighted by Crippen LogP contribution is -2.50. The van der Waals surface area contributed by atoms with Gasteiger partial charge < -0.3 is 10.2 Å². The van der Waals surface area contributed by atoms with Gasteiger partial charge in [0.15, 0.2) is 5.13 Å². The quantitative estimate of drug-likeness (QED) is 0.849. The SMILES string of the molecule is CC(C)CC(=O)N1Cc2ccccc2CC1C(=O)Nc1nc2c(s1)CCCC2. The minimum Gasteiger partial charge on any atom is -0.326 e. The number of amides is 2. The van der Waals surface area contributed by atoms with Gasteiger partial charge in [0.2, 0.25) is 11.8 Å². The Morgan fingerprint density at radius 3 is 2.71 bits per heavy atom. The number of rotatable bonds is 4. The van der Waals surface area contributed by atoms with Crippen LogP contribution in [0.5, 0.6) is 0 Å². The molecular weight excluding hydrogens is 370 g/mol. The molecular formula is C22H27N3O2S. The molecule has 2 amide bonds. The van der Waals surface area contributed by atoms with E-state index in [1.54, 1.807) is 16.2 Å². The number of aryl methyl sites for hydroxylation is 2. The molecule has 2 aromatic rings. The second kappa shape index (κ2) is 8.03. The minimum absolute atomic E-state index is 0.0445. The smallest absolute Gasteiger partial charge is 0.249 e. The number of nitrogens with one attached hydrogen (secondary N) is 1. The standard InChI is InChI=1S/C22H27N3O2S/c1-14(2)11-20(26)25-13-16-8-4-3-7-15(16)12-18(25)21(27)24-22-23-17-9-5-6-10-19(17)28-22/h3-4,7-8,14,18H,5-6,9-13H2,1-2H3,(H,23,24,27). The van der Waals surface area contributed by atoms with Crippen LogP contribution in [-0.2, 0) is 35.4 Å². The van der Waals surface area contributed by atoms with Gasteiger partial charge in [0, 0.05) is 24.3 Å². The third-order valence-electron chi connectivity index (χ3n) is 5.53. The molecule has 2 heterocycles. The maximum absolute atomic E-state index is 13.2. The largest absolute Gasteiger partial charge is 0.326 e. The molecule has 28 heavy (non-hydrogen) atoms. The van der Waals surface area contributed by atoms with Crippen LogP contribution in [0.4, 0.5) is 5.13 Å². The van der Waals surface area contributed by atoms with E-state index in [0.29, 0.717) is 24.5 Å². The summed E-state index contributed by atoms with van der Waals surface area (Å²) in [4.78, 5) is 33.7. The summed E-state index contributed by atoms with van der Waals surface area (Å²) in [7, 11) is 0.